The third kappa shape index (κ3) is 3.75. The molecule has 0 bridgehead atoms. The summed E-state index contributed by atoms with van der Waals surface area (Å²) in [7, 11) is 1.55. The smallest absolute Gasteiger partial charge is 0.292 e. The van der Waals surface area contributed by atoms with Gasteiger partial charge in [0.05, 0.1) is 6.54 Å². The maximum absolute atomic E-state index is 12.3. The van der Waals surface area contributed by atoms with Crippen molar-refractivity contribution < 1.29 is 14.1 Å². The van der Waals surface area contributed by atoms with Crippen LogP contribution in [0.15, 0.2) is 4.52 Å². The van der Waals surface area contributed by atoms with Crippen LogP contribution < -0.4 is 5.32 Å². The van der Waals surface area contributed by atoms with Gasteiger partial charge in [-0.25, -0.2) is 0 Å². The van der Waals surface area contributed by atoms with Crippen LogP contribution in [0.3, 0.4) is 0 Å². The lowest BCUT2D eigenvalue weighted by molar-refractivity contribution is -0.139. The highest BCUT2D eigenvalue weighted by Crippen LogP contribution is 2.40. The molecule has 3 aliphatic rings. The molecular formula is C18H27N5O3. The predicted molar refractivity (Wildman–Crippen MR) is 93.2 cm³/mol. The number of nitrogens with zero attached hydrogens (tertiary/aromatic N) is 4. The van der Waals surface area contributed by atoms with Crippen molar-refractivity contribution in [1.82, 2.24) is 25.3 Å². The summed E-state index contributed by atoms with van der Waals surface area (Å²) in [5.41, 5.74) is 0.185. The minimum atomic E-state index is -0.336. The first-order chi connectivity index (χ1) is 12.6. The van der Waals surface area contributed by atoms with E-state index in [2.05, 4.69) is 25.3 Å². The fourth-order valence-corrected chi connectivity index (χ4v) is 4.37. The van der Waals surface area contributed by atoms with Crippen molar-refractivity contribution >= 4 is 11.8 Å². The summed E-state index contributed by atoms with van der Waals surface area (Å²) >= 11 is 0. The maximum Gasteiger partial charge on any atom is 0.292 e. The number of carbonyl (C=O) groups is 2. The zero-order valence-electron chi connectivity index (χ0n) is 15.4. The SMILES string of the molecule is CNC(=O)c1noc(CN2CCCC3(CCC(=O)N(CC4CC4)C3)C2)n1. The highest BCUT2D eigenvalue weighted by atomic mass is 16.5. The van der Waals surface area contributed by atoms with Crippen LogP contribution in [0.4, 0.5) is 0 Å². The topological polar surface area (TPSA) is 91.6 Å². The third-order valence-electron chi connectivity index (χ3n) is 5.92. The molecule has 2 aliphatic heterocycles. The van der Waals surface area contributed by atoms with Gasteiger partial charge in [-0.3, -0.25) is 14.5 Å². The fourth-order valence-electron chi connectivity index (χ4n) is 4.37. The molecule has 1 spiro atoms. The van der Waals surface area contributed by atoms with E-state index < -0.39 is 0 Å². The standard InChI is InChI=1S/C18H27N5O3/c1-19-17(25)16-20-14(26-21-16)10-22-8-2-6-18(11-22)7-5-15(24)23(12-18)9-13-3-4-13/h13H,2-12H2,1H3,(H,19,25). The first-order valence-electron chi connectivity index (χ1n) is 9.62. The Hall–Kier alpha value is -1.96. The highest BCUT2D eigenvalue weighted by Gasteiger charge is 2.43. The van der Waals surface area contributed by atoms with Gasteiger partial charge in [0.25, 0.3) is 11.7 Å². The molecule has 0 radical (unpaired) electrons. The van der Waals surface area contributed by atoms with Gasteiger partial charge in [-0.1, -0.05) is 5.16 Å². The summed E-state index contributed by atoms with van der Waals surface area (Å²) < 4.78 is 5.24. The Kier molecular flexibility index (Phi) is 4.69. The second kappa shape index (κ2) is 6.98. The molecule has 3 fully saturated rings. The van der Waals surface area contributed by atoms with Gasteiger partial charge in [-0.05, 0) is 44.6 Å². The largest absolute Gasteiger partial charge is 0.352 e. The fraction of sp³-hybridized carbons (Fsp3) is 0.778. The first kappa shape index (κ1) is 17.5. The predicted octanol–water partition coefficient (Wildman–Crippen LogP) is 1.04. The molecule has 0 aromatic carbocycles. The lowest BCUT2D eigenvalue weighted by atomic mass is 9.73. The average Bonchev–Trinajstić information content (AvgIpc) is 3.33. The van der Waals surface area contributed by atoms with Crippen molar-refractivity contribution in [3.8, 4) is 0 Å². The Morgan fingerprint density at radius 1 is 1.35 bits per heavy atom. The van der Waals surface area contributed by atoms with E-state index >= 15 is 0 Å². The second-order valence-electron chi connectivity index (χ2n) is 8.12. The maximum atomic E-state index is 12.3. The van der Waals surface area contributed by atoms with E-state index in [9.17, 15) is 9.59 Å². The molecule has 1 aliphatic carbocycles. The van der Waals surface area contributed by atoms with Crippen LogP contribution in [0, 0.1) is 11.3 Å². The van der Waals surface area contributed by atoms with E-state index in [1.165, 1.54) is 19.3 Å². The van der Waals surface area contributed by atoms with Gasteiger partial charge in [0.1, 0.15) is 0 Å². The molecule has 1 aromatic rings. The molecule has 4 rings (SSSR count). The van der Waals surface area contributed by atoms with E-state index in [1.54, 1.807) is 7.05 Å². The van der Waals surface area contributed by atoms with E-state index in [-0.39, 0.29) is 17.1 Å². The van der Waals surface area contributed by atoms with Gasteiger partial charge in [0.2, 0.25) is 11.8 Å². The van der Waals surface area contributed by atoms with E-state index in [4.69, 9.17) is 4.52 Å². The van der Waals surface area contributed by atoms with Crippen LogP contribution in [0.25, 0.3) is 0 Å². The molecule has 1 saturated carbocycles. The molecule has 2 amide bonds. The van der Waals surface area contributed by atoms with Crippen LogP contribution >= 0.6 is 0 Å². The summed E-state index contributed by atoms with van der Waals surface area (Å²) in [6.07, 6.45) is 6.47. The third-order valence-corrected chi connectivity index (χ3v) is 5.92. The number of likely N-dealkylation sites (tertiary alicyclic amines) is 2. The van der Waals surface area contributed by atoms with Crippen LogP contribution in [0.5, 0.6) is 0 Å². The Labute approximate surface area is 153 Å². The van der Waals surface area contributed by atoms with E-state index in [0.717, 1.165) is 44.9 Å². The minimum Gasteiger partial charge on any atom is -0.352 e. The van der Waals surface area contributed by atoms with Crippen molar-refractivity contribution in [2.24, 2.45) is 11.3 Å². The molecule has 1 unspecified atom stereocenters. The van der Waals surface area contributed by atoms with Crippen LogP contribution in [-0.2, 0) is 11.3 Å². The number of piperidine rings is 2. The number of amides is 2. The molecule has 142 valence electrons. The first-order valence-corrected chi connectivity index (χ1v) is 9.62. The van der Waals surface area contributed by atoms with E-state index in [1.807, 2.05) is 0 Å². The van der Waals surface area contributed by atoms with Gasteiger partial charge in [-0.15, -0.1) is 0 Å². The highest BCUT2D eigenvalue weighted by molar-refractivity contribution is 5.89. The van der Waals surface area contributed by atoms with Gasteiger partial charge >= 0.3 is 0 Å². The summed E-state index contributed by atoms with van der Waals surface area (Å²) in [4.78, 5) is 32.5. The van der Waals surface area contributed by atoms with Crippen LogP contribution in [-0.4, -0.2) is 65.0 Å². The van der Waals surface area contributed by atoms with Crippen LogP contribution in [0.2, 0.25) is 0 Å². The van der Waals surface area contributed by atoms with Crippen molar-refractivity contribution in [2.75, 3.05) is 33.2 Å². The van der Waals surface area contributed by atoms with Gasteiger partial charge in [-0.2, -0.15) is 4.98 Å². The molecular weight excluding hydrogens is 334 g/mol. The quantitative estimate of drug-likeness (QED) is 0.843. The zero-order chi connectivity index (χ0) is 18.1. The second-order valence-corrected chi connectivity index (χ2v) is 8.12. The van der Waals surface area contributed by atoms with Gasteiger partial charge in [0, 0.05) is 38.5 Å². The number of carbonyl (C=O) groups excluding carboxylic acids is 2. The summed E-state index contributed by atoms with van der Waals surface area (Å²) in [5, 5.41) is 6.24. The molecule has 1 atom stereocenters. The Bertz CT molecular complexity index is 686. The van der Waals surface area contributed by atoms with E-state index in [0.29, 0.717) is 24.8 Å². The molecule has 3 heterocycles. The molecule has 26 heavy (non-hydrogen) atoms. The van der Waals surface area contributed by atoms with Gasteiger partial charge < -0.3 is 14.7 Å². The zero-order valence-corrected chi connectivity index (χ0v) is 15.4. The van der Waals surface area contributed by atoms with Crippen molar-refractivity contribution in [1.29, 1.82) is 0 Å². The van der Waals surface area contributed by atoms with Crippen molar-refractivity contribution in [3.05, 3.63) is 11.7 Å². The number of rotatable bonds is 5. The van der Waals surface area contributed by atoms with Crippen LogP contribution in [0.1, 0.15) is 55.0 Å². The molecule has 8 heteroatoms. The monoisotopic (exact) mass is 361 g/mol. The lowest BCUT2D eigenvalue weighted by Gasteiger charge is -2.48. The summed E-state index contributed by atoms with van der Waals surface area (Å²) in [5.74, 6) is 1.27. The number of nitrogens with one attached hydrogen (secondary N) is 1. The molecule has 8 nitrogen and oxygen atoms in total. The number of hydrogen-bond acceptors (Lipinski definition) is 6. The summed E-state index contributed by atoms with van der Waals surface area (Å²) in [6.45, 7) is 4.31. The Morgan fingerprint density at radius 3 is 2.96 bits per heavy atom. The lowest BCUT2D eigenvalue weighted by Crippen LogP contribution is -2.54. The molecule has 1 N–H and O–H groups in total. The molecule has 1 aromatic heterocycles. The summed E-state index contributed by atoms with van der Waals surface area (Å²) in [6, 6.07) is 0. The molecule has 2 saturated heterocycles. The Morgan fingerprint density at radius 2 is 2.19 bits per heavy atom. The minimum absolute atomic E-state index is 0.0769. The van der Waals surface area contributed by atoms with Crippen molar-refractivity contribution in [3.63, 3.8) is 0 Å². The van der Waals surface area contributed by atoms with Crippen molar-refractivity contribution in [2.45, 2.75) is 45.1 Å². The normalized spacial score (nSPS) is 27.1. The number of aromatic nitrogens is 2. The number of hydrogen-bond donors (Lipinski definition) is 1. The Balaban J connectivity index is 1.39. The average molecular weight is 361 g/mol. The van der Waals surface area contributed by atoms with Gasteiger partial charge in [0.15, 0.2) is 0 Å².